The SMILES string of the molecule is COc1cc2c(cc1OC)/C(=C/C(=O)c1ccc(Cl)cc1)NCC2. The molecule has 3 rings (SSSR count). The molecular formula is C19H18ClNO3. The average molecular weight is 344 g/mol. The van der Waals surface area contributed by atoms with Gasteiger partial charge in [-0.05, 0) is 48.4 Å². The highest BCUT2D eigenvalue weighted by atomic mass is 35.5. The number of carbonyl (C=O) groups excluding carboxylic acids is 1. The van der Waals surface area contributed by atoms with Crippen LogP contribution in [0.5, 0.6) is 11.5 Å². The van der Waals surface area contributed by atoms with Gasteiger partial charge in [-0.2, -0.15) is 0 Å². The smallest absolute Gasteiger partial charge is 0.187 e. The molecule has 2 aromatic carbocycles. The quantitative estimate of drug-likeness (QED) is 0.679. The number of hydrogen-bond donors (Lipinski definition) is 1. The van der Waals surface area contributed by atoms with E-state index in [1.165, 1.54) is 0 Å². The van der Waals surface area contributed by atoms with E-state index in [9.17, 15) is 4.79 Å². The first kappa shape index (κ1) is 16.4. The molecule has 0 atom stereocenters. The molecule has 0 saturated heterocycles. The molecule has 0 radical (unpaired) electrons. The van der Waals surface area contributed by atoms with Crippen molar-refractivity contribution in [2.45, 2.75) is 6.42 Å². The van der Waals surface area contributed by atoms with Crippen LogP contribution in [0.25, 0.3) is 5.70 Å². The van der Waals surface area contributed by atoms with E-state index in [-0.39, 0.29) is 5.78 Å². The number of hydrogen-bond acceptors (Lipinski definition) is 4. The Balaban J connectivity index is 1.99. The summed E-state index contributed by atoms with van der Waals surface area (Å²) in [5.74, 6) is 1.27. The van der Waals surface area contributed by atoms with Crippen LogP contribution in [-0.4, -0.2) is 26.5 Å². The summed E-state index contributed by atoms with van der Waals surface area (Å²) < 4.78 is 10.7. The van der Waals surface area contributed by atoms with Gasteiger partial charge in [0, 0.05) is 34.5 Å². The van der Waals surface area contributed by atoms with Crippen LogP contribution in [-0.2, 0) is 6.42 Å². The Morgan fingerprint density at radius 2 is 1.79 bits per heavy atom. The van der Waals surface area contributed by atoms with Gasteiger partial charge in [-0.1, -0.05) is 11.6 Å². The van der Waals surface area contributed by atoms with E-state index < -0.39 is 0 Å². The van der Waals surface area contributed by atoms with Gasteiger partial charge in [0.05, 0.1) is 14.2 Å². The van der Waals surface area contributed by atoms with E-state index >= 15 is 0 Å². The van der Waals surface area contributed by atoms with Crippen LogP contribution < -0.4 is 14.8 Å². The number of allylic oxidation sites excluding steroid dienone is 1. The molecule has 0 aliphatic carbocycles. The van der Waals surface area contributed by atoms with Crippen molar-refractivity contribution < 1.29 is 14.3 Å². The Labute approximate surface area is 146 Å². The van der Waals surface area contributed by atoms with E-state index in [4.69, 9.17) is 21.1 Å². The third-order valence-corrected chi connectivity index (χ3v) is 4.27. The summed E-state index contributed by atoms with van der Waals surface area (Å²) in [5.41, 5.74) is 3.47. The molecule has 0 unspecified atom stereocenters. The summed E-state index contributed by atoms with van der Waals surface area (Å²) in [5, 5.41) is 3.90. The number of ketones is 1. The molecule has 0 fully saturated rings. The fourth-order valence-electron chi connectivity index (χ4n) is 2.76. The second kappa shape index (κ2) is 6.97. The van der Waals surface area contributed by atoms with Crippen LogP contribution in [0.2, 0.25) is 5.02 Å². The minimum absolute atomic E-state index is 0.0724. The Kier molecular flexibility index (Phi) is 4.76. The maximum atomic E-state index is 12.5. The lowest BCUT2D eigenvalue weighted by Crippen LogP contribution is -2.23. The largest absolute Gasteiger partial charge is 0.493 e. The molecule has 5 heteroatoms. The standard InChI is InChI=1S/C19H18ClNO3/c1-23-18-9-13-7-8-21-16(15(13)10-19(18)24-2)11-17(22)12-3-5-14(20)6-4-12/h3-6,9-11,21H,7-8H2,1-2H3/b16-11-. The number of ether oxygens (including phenoxy) is 2. The number of fused-ring (bicyclic) bond motifs is 1. The van der Waals surface area contributed by atoms with Gasteiger partial charge in [-0.3, -0.25) is 4.79 Å². The Hall–Kier alpha value is -2.46. The van der Waals surface area contributed by atoms with E-state index in [1.54, 1.807) is 44.6 Å². The summed E-state index contributed by atoms with van der Waals surface area (Å²) >= 11 is 5.87. The van der Waals surface area contributed by atoms with Gasteiger partial charge >= 0.3 is 0 Å². The van der Waals surface area contributed by atoms with Crippen LogP contribution in [0.4, 0.5) is 0 Å². The van der Waals surface area contributed by atoms with Crippen LogP contribution in [0, 0.1) is 0 Å². The van der Waals surface area contributed by atoms with Gasteiger partial charge in [0.25, 0.3) is 0 Å². The minimum Gasteiger partial charge on any atom is -0.493 e. The number of methoxy groups -OCH3 is 2. The summed E-state index contributed by atoms with van der Waals surface area (Å²) in [6, 6.07) is 10.7. The van der Waals surface area contributed by atoms with Gasteiger partial charge in [-0.15, -0.1) is 0 Å². The van der Waals surface area contributed by atoms with Crippen molar-refractivity contribution >= 4 is 23.1 Å². The highest BCUT2D eigenvalue weighted by Crippen LogP contribution is 2.34. The van der Waals surface area contributed by atoms with Gasteiger partial charge in [0.1, 0.15) is 0 Å². The van der Waals surface area contributed by atoms with Gasteiger partial charge in [0.15, 0.2) is 17.3 Å². The maximum absolute atomic E-state index is 12.5. The van der Waals surface area contributed by atoms with Crippen LogP contribution in [0.1, 0.15) is 21.5 Å². The molecule has 1 heterocycles. The summed E-state index contributed by atoms with van der Waals surface area (Å²) in [6.07, 6.45) is 2.48. The topological polar surface area (TPSA) is 47.6 Å². The first-order valence-electron chi connectivity index (χ1n) is 7.63. The van der Waals surface area contributed by atoms with Gasteiger partial charge < -0.3 is 14.8 Å². The molecule has 124 valence electrons. The first-order valence-corrected chi connectivity index (χ1v) is 8.01. The van der Waals surface area contributed by atoms with E-state index in [0.29, 0.717) is 22.1 Å². The van der Waals surface area contributed by atoms with Crippen LogP contribution in [0.15, 0.2) is 42.5 Å². The number of benzene rings is 2. The molecule has 1 aliphatic rings. The number of nitrogens with one attached hydrogen (secondary N) is 1. The predicted molar refractivity (Wildman–Crippen MR) is 95.0 cm³/mol. The van der Waals surface area contributed by atoms with E-state index in [1.807, 2.05) is 12.1 Å². The molecule has 24 heavy (non-hydrogen) atoms. The lowest BCUT2D eigenvalue weighted by Gasteiger charge is -2.23. The van der Waals surface area contributed by atoms with Crippen LogP contribution >= 0.6 is 11.6 Å². The minimum atomic E-state index is -0.0724. The summed E-state index contributed by atoms with van der Waals surface area (Å²) in [4.78, 5) is 12.5. The fourth-order valence-corrected chi connectivity index (χ4v) is 2.89. The second-order valence-corrected chi connectivity index (χ2v) is 5.91. The molecule has 1 N–H and O–H groups in total. The zero-order chi connectivity index (χ0) is 17.1. The van der Waals surface area contributed by atoms with Crippen molar-refractivity contribution in [3.63, 3.8) is 0 Å². The normalized spacial score (nSPS) is 14.7. The molecular weight excluding hydrogens is 326 g/mol. The molecule has 1 aliphatic heterocycles. The molecule has 0 bridgehead atoms. The number of carbonyl (C=O) groups is 1. The monoisotopic (exact) mass is 343 g/mol. The lowest BCUT2D eigenvalue weighted by atomic mass is 9.95. The number of halogens is 1. The van der Waals surface area contributed by atoms with Gasteiger partial charge in [-0.25, -0.2) is 0 Å². The third-order valence-electron chi connectivity index (χ3n) is 4.01. The Morgan fingerprint density at radius 1 is 1.12 bits per heavy atom. The van der Waals surface area contributed by atoms with Crippen LogP contribution in [0.3, 0.4) is 0 Å². The van der Waals surface area contributed by atoms with E-state index in [2.05, 4.69) is 5.32 Å². The van der Waals surface area contributed by atoms with Crippen molar-refractivity contribution in [3.05, 3.63) is 64.2 Å². The highest BCUT2D eigenvalue weighted by molar-refractivity contribution is 6.30. The zero-order valence-corrected chi connectivity index (χ0v) is 14.3. The fraction of sp³-hybridized carbons (Fsp3) is 0.211. The van der Waals surface area contributed by atoms with E-state index in [0.717, 1.165) is 29.8 Å². The molecule has 0 saturated carbocycles. The number of rotatable bonds is 4. The predicted octanol–water partition coefficient (Wildman–Crippen LogP) is 3.73. The van der Waals surface area contributed by atoms with Crippen molar-refractivity contribution in [1.82, 2.24) is 5.32 Å². The second-order valence-electron chi connectivity index (χ2n) is 5.47. The first-order chi connectivity index (χ1) is 11.6. The molecule has 0 spiro atoms. The van der Waals surface area contributed by atoms with Crippen molar-refractivity contribution in [2.24, 2.45) is 0 Å². The Morgan fingerprint density at radius 3 is 2.46 bits per heavy atom. The zero-order valence-electron chi connectivity index (χ0n) is 13.6. The van der Waals surface area contributed by atoms with Gasteiger partial charge in [0.2, 0.25) is 0 Å². The molecule has 0 aromatic heterocycles. The average Bonchev–Trinajstić information content (AvgIpc) is 2.61. The highest BCUT2D eigenvalue weighted by Gasteiger charge is 2.19. The lowest BCUT2D eigenvalue weighted by molar-refractivity contribution is 0.104. The third kappa shape index (κ3) is 3.24. The van der Waals surface area contributed by atoms with Crippen molar-refractivity contribution in [2.75, 3.05) is 20.8 Å². The summed E-state index contributed by atoms with van der Waals surface area (Å²) in [7, 11) is 3.22. The Bertz CT molecular complexity index is 797. The summed E-state index contributed by atoms with van der Waals surface area (Å²) in [6.45, 7) is 0.766. The maximum Gasteiger partial charge on any atom is 0.187 e. The molecule has 4 nitrogen and oxygen atoms in total. The van der Waals surface area contributed by atoms with Crippen molar-refractivity contribution in [1.29, 1.82) is 0 Å². The molecule has 0 amide bonds. The molecule has 2 aromatic rings. The van der Waals surface area contributed by atoms with Crippen molar-refractivity contribution in [3.8, 4) is 11.5 Å².